The molecule has 8 nitrogen and oxygen atoms in total. The van der Waals surface area contributed by atoms with E-state index >= 15 is 0 Å². The summed E-state index contributed by atoms with van der Waals surface area (Å²) < 4.78 is 12.8. The predicted molar refractivity (Wildman–Crippen MR) is 94.3 cm³/mol. The number of fused-ring (bicyclic) bond motifs is 1. The Hall–Kier alpha value is -3.55. The molecule has 3 aromatic heterocycles. The molecule has 0 amide bonds. The Balaban J connectivity index is 1.61. The molecule has 0 aliphatic rings. The van der Waals surface area contributed by atoms with Crippen LogP contribution in [0.5, 0.6) is 11.5 Å². The maximum atomic E-state index is 5.96. The fourth-order valence-corrected chi connectivity index (χ4v) is 2.62. The fraction of sp³-hybridized carbons (Fsp3) is 0.167. The largest absolute Gasteiger partial charge is 0.497 e. The molecule has 0 unspecified atom stereocenters. The van der Waals surface area contributed by atoms with Crippen LogP contribution >= 0.6 is 0 Å². The number of rotatable bonds is 5. The van der Waals surface area contributed by atoms with E-state index in [1.54, 1.807) is 18.0 Å². The van der Waals surface area contributed by atoms with Crippen molar-refractivity contribution in [3.05, 3.63) is 60.2 Å². The average Bonchev–Trinajstić information content (AvgIpc) is 3.14. The lowest BCUT2D eigenvalue weighted by Crippen LogP contribution is -2.09. The van der Waals surface area contributed by atoms with Gasteiger partial charge in [-0.2, -0.15) is 4.68 Å². The van der Waals surface area contributed by atoms with Gasteiger partial charge in [0.25, 0.3) is 0 Å². The molecule has 3 heterocycles. The summed E-state index contributed by atoms with van der Waals surface area (Å²) in [5, 5.41) is 12.7. The quantitative estimate of drug-likeness (QED) is 0.547. The molecule has 0 N–H and O–H groups in total. The molecule has 0 bridgehead atoms. The zero-order chi connectivity index (χ0) is 17.9. The van der Waals surface area contributed by atoms with E-state index in [4.69, 9.17) is 9.47 Å². The van der Waals surface area contributed by atoms with Crippen molar-refractivity contribution in [2.45, 2.75) is 13.5 Å². The van der Waals surface area contributed by atoms with Crippen molar-refractivity contribution >= 4 is 10.9 Å². The van der Waals surface area contributed by atoms with Crippen molar-refractivity contribution in [2.75, 3.05) is 7.11 Å². The molecule has 0 aliphatic heterocycles. The Bertz CT molecular complexity index is 1060. The summed E-state index contributed by atoms with van der Waals surface area (Å²) in [5.74, 6) is 2.65. The van der Waals surface area contributed by atoms with Crippen molar-refractivity contribution in [1.82, 2.24) is 30.2 Å². The van der Waals surface area contributed by atoms with Crippen LogP contribution in [0, 0.1) is 6.92 Å². The van der Waals surface area contributed by atoms with Crippen molar-refractivity contribution in [3.8, 4) is 17.3 Å². The van der Waals surface area contributed by atoms with Gasteiger partial charge in [-0.25, -0.2) is 4.98 Å². The minimum atomic E-state index is 0.202. The van der Waals surface area contributed by atoms with Gasteiger partial charge in [0, 0.05) is 23.3 Å². The Morgan fingerprint density at radius 3 is 2.88 bits per heavy atom. The number of benzene rings is 1. The summed E-state index contributed by atoms with van der Waals surface area (Å²) in [6.07, 6.45) is 1.70. The molecule has 4 rings (SSSR count). The second-order valence-corrected chi connectivity index (χ2v) is 5.62. The number of ether oxygens (including phenoxy) is 2. The molecule has 0 saturated carbocycles. The van der Waals surface area contributed by atoms with E-state index in [-0.39, 0.29) is 6.61 Å². The smallest absolute Gasteiger partial charge is 0.195 e. The third-order valence-corrected chi connectivity index (χ3v) is 3.89. The highest BCUT2D eigenvalue weighted by Gasteiger charge is 2.12. The molecule has 0 saturated heterocycles. The lowest BCUT2D eigenvalue weighted by atomic mass is 10.2. The summed E-state index contributed by atoms with van der Waals surface area (Å²) >= 11 is 0. The molecule has 8 heteroatoms. The molecular formula is C18H16N6O2. The zero-order valence-electron chi connectivity index (χ0n) is 14.3. The minimum Gasteiger partial charge on any atom is -0.497 e. The standard InChI is InChI=1S/C18H16N6O2/c1-12-4-3-5-17(20-12)24-18(21-22-23-24)11-26-16-8-9-19-15-10-13(25-2)6-7-14(15)16/h3-10H,11H2,1-2H3. The number of methoxy groups -OCH3 is 1. The van der Waals surface area contributed by atoms with E-state index in [1.807, 2.05) is 49.4 Å². The summed E-state index contributed by atoms with van der Waals surface area (Å²) in [4.78, 5) is 8.80. The summed E-state index contributed by atoms with van der Waals surface area (Å²) in [7, 11) is 1.63. The number of hydrogen-bond acceptors (Lipinski definition) is 7. The monoisotopic (exact) mass is 348 g/mol. The van der Waals surface area contributed by atoms with Crippen LogP contribution in [-0.4, -0.2) is 37.3 Å². The van der Waals surface area contributed by atoms with E-state index in [2.05, 4.69) is 25.5 Å². The molecule has 0 spiro atoms. The third kappa shape index (κ3) is 3.04. The Kier molecular flexibility index (Phi) is 4.14. The van der Waals surface area contributed by atoms with Gasteiger partial charge in [0.2, 0.25) is 0 Å². The Labute approximate surface area is 149 Å². The van der Waals surface area contributed by atoms with Gasteiger partial charge < -0.3 is 9.47 Å². The number of pyridine rings is 2. The maximum absolute atomic E-state index is 5.96. The lowest BCUT2D eigenvalue weighted by Gasteiger charge is -2.10. The summed E-state index contributed by atoms with van der Waals surface area (Å²) in [5.41, 5.74) is 1.68. The van der Waals surface area contributed by atoms with E-state index in [1.165, 1.54) is 0 Å². The average molecular weight is 348 g/mol. The van der Waals surface area contributed by atoms with Gasteiger partial charge in [-0.15, -0.1) is 5.10 Å². The minimum absolute atomic E-state index is 0.202. The van der Waals surface area contributed by atoms with Crippen molar-refractivity contribution in [3.63, 3.8) is 0 Å². The first-order chi connectivity index (χ1) is 12.7. The molecule has 26 heavy (non-hydrogen) atoms. The Morgan fingerprint density at radius 1 is 1.12 bits per heavy atom. The molecule has 0 aliphatic carbocycles. The van der Waals surface area contributed by atoms with Gasteiger partial charge in [-0.3, -0.25) is 4.98 Å². The van der Waals surface area contributed by atoms with Crippen LogP contribution in [0.25, 0.3) is 16.7 Å². The van der Waals surface area contributed by atoms with Crippen molar-refractivity contribution in [1.29, 1.82) is 0 Å². The molecule has 130 valence electrons. The van der Waals surface area contributed by atoms with Gasteiger partial charge in [0.15, 0.2) is 11.6 Å². The van der Waals surface area contributed by atoms with E-state index in [0.29, 0.717) is 17.4 Å². The van der Waals surface area contributed by atoms with Crippen LogP contribution in [0.4, 0.5) is 0 Å². The van der Waals surface area contributed by atoms with Gasteiger partial charge in [-0.05, 0) is 47.7 Å². The molecule has 4 aromatic rings. The van der Waals surface area contributed by atoms with Crippen LogP contribution < -0.4 is 9.47 Å². The van der Waals surface area contributed by atoms with Crippen molar-refractivity contribution < 1.29 is 9.47 Å². The number of tetrazole rings is 1. The highest BCUT2D eigenvalue weighted by Crippen LogP contribution is 2.27. The second-order valence-electron chi connectivity index (χ2n) is 5.62. The number of aromatic nitrogens is 6. The topological polar surface area (TPSA) is 87.8 Å². The third-order valence-electron chi connectivity index (χ3n) is 3.89. The molecule has 0 radical (unpaired) electrons. The summed E-state index contributed by atoms with van der Waals surface area (Å²) in [6, 6.07) is 13.1. The van der Waals surface area contributed by atoms with E-state index in [9.17, 15) is 0 Å². The highest BCUT2D eigenvalue weighted by molar-refractivity contribution is 5.85. The SMILES string of the molecule is COc1ccc2c(OCc3nnnn3-c3cccc(C)n3)ccnc2c1. The number of hydrogen-bond donors (Lipinski definition) is 0. The van der Waals surface area contributed by atoms with Crippen LogP contribution in [0.3, 0.4) is 0 Å². The molecule has 1 aromatic carbocycles. The first-order valence-corrected chi connectivity index (χ1v) is 8.01. The van der Waals surface area contributed by atoms with Crippen LogP contribution in [0.2, 0.25) is 0 Å². The maximum Gasteiger partial charge on any atom is 0.195 e. The first kappa shape index (κ1) is 15.9. The second kappa shape index (κ2) is 6.75. The predicted octanol–water partition coefficient (Wildman–Crippen LogP) is 2.50. The highest BCUT2D eigenvalue weighted by atomic mass is 16.5. The first-order valence-electron chi connectivity index (χ1n) is 8.01. The zero-order valence-corrected chi connectivity index (χ0v) is 14.3. The van der Waals surface area contributed by atoms with Crippen LogP contribution in [0.1, 0.15) is 11.5 Å². The number of aryl methyl sites for hydroxylation is 1. The fourth-order valence-electron chi connectivity index (χ4n) is 2.62. The van der Waals surface area contributed by atoms with Crippen LogP contribution in [0.15, 0.2) is 48.7 Å². The van der Waals surface area contributed by atoms with E-state index in [0.717, 1.165) is 22.3 Å². The van der Waals surface area contributed by atoms with Crippen LogP contribution in [-0.2, 0) is 6.61 Å². The van der Waals surface area contributed by atoms with Gasteiger partial charge >= 0.3 is 0 Å². The van der Waals surface area contributed by atoms with Gasteiger partial charge in [0.05, 0.1) is 12.6 Å². The van der Waals surface area contributed by atoms with E-state index < -0.39 is 0 Å². The van der Waals surface area contributed by atoms with Crippen molar-refractivity contribution in [2.24, 2.45) is 0 Å². The molecular weight excluding hydrogens is 332 g/mol. The lowest BCUT2D eigenvalue weighted by molar-refractivity contribution is 0.295. The summed E-state index contributed by atoms with van der Waals surface area (Å²) in [6.45, 7) is 2.12. The number of nitrogens with zero attached hydrogens (tertiary/aromatic N) is 6. The molecule has 0 fully saturated rings. The van der Waals surface area contributed by atoms with Gasteiger partial charge in [0.1, 0.15) is 18.1 Å². The normalized spacial score (nSPS) is 10.8. The van der Waals surface area contributed by atoms with Gasteiger partial charge in [-0.1, -0.05) is 6.07 Å². The Morgan fingerprint density at radius 2 is 2.04 bits per heavy atom. The molecule has 0 atom stereocenters.